The molecule has 1 saturated carbocycles. The minimum Gasteiger partial charge on any atom is -0.352 e. The number of anilines is 1. The van der Waals surface area contributed by atoms with Crippen molar-refractivity contribution < 1.29 is 9.59 Å². The van der Waals surface area contributed by atoms with Crippen LogP contribution in [0.3, 0.4) is 0 Å². The molecule has 126 valence electrons. The standard InChI is InChI=1S/C18H27N3O2/c1-2-3-13-19-17(22)15-11-7-8-12-16(15)21-18(23)20-14-9-5-4-6-10-14/h7-8,11-12,14H,2-6,9-10,13H2,1H3,(H,19,22)(H2,20,21,23). The monoisotopic (exact) mass is 317 g/mol. The van der Waals surface area contributed by atoms with Gasteiger partial charge in [0.2, 0.25) is 0 Å². The highest BCUT2D eigenvalue weighted by Gasteiger charge is 2.17. The molecule has 1 aromatic rings. The highest BCUT2D eigenvalue weighted by Crippen LogP contribution is 2.18. The SMILES string of the molecule is CCCCNC(=O)c1ccccc1NC(=O)NC1CCCCC1. The van der Waals surface area contributed by atoms with Gasteiger partial charge in [0.05, 0.1) is 11.3 Å². The first-order chi connectivity index (χ1) is 11.2. The average molecular weight is 317 g/mol. The van der Waals surface area contributed by atoms with Gasteiger partial charge >= 0.3 is 6.03 Å². The Kier molecular flexibility index (Phi) is 6.91. The highest BCUT2D eigenvalue weighted by molar-refractivity contribution is 6.03. The maximum Gasteiger partial charge on any atom is 0.319 e. The number of rotatable bonds is 6. The predicted octanol–water partition coefficient (Wildman–Crippen LogP) is 3.67. The fourth-order valence-corrected chi connectivity index (χ4v) is 2.85. The van der Waals surface area contributed by atoms with Crippen molar-refractivity contribution in [3.63, 3.8) is 0 Å². The quantitative estimate of drug-likeness (QED) is 0.701. The van der Waals surface area contributed by atoms with E-state index in [9.17, 15) is 9.59 Å². The van der Waals surface area contributed by atoms with E-state index in [1.807, 2.05) is 6.07 Å². The highest BCUT2D eigenvalue weighted by atomic mass is 16.2. The van der Waals surface area contributed by atoms with E-state index < -0.39 is 0 Å². The first-order valence-corrected chi connectivity index (χ1v) is 8.65. The summed E-state index contributed by atoms with van der Waals surface area (Å²) in [5, 5.41) is 8.71. The molecule has 0 unspecified atom stereocenters. The molecular weight excluding hydrogens is 290 g/mol. The molecule has 5 heteroatoms. The molecule has 0 atom stereocenters. The zero-order chi connectivity index (χ0) is 16.5. The van der Waals surface area contributed by atoms with Gasteiger partial charge in [-0.15, -0.1) is 0 Å². The van der Waals surface area contributed by atoms with E-state index in [-0.39, 0.29) is 18.0 Å². The van der Waals surface area contributed by atoms with E-state index in [0.717, 1.165) is 25.7 Å². The van der Waals surface area contributed by atoms with E-state index in [1.54, 1.807) is 18.2 Å². The molecule has 5 nitrogen and oxygen atoms in total. The van der Waals surface area contributed by atoms with E-state index in [1.165, 1.54) is 19.3 Å². The van der Waals surface area contributed by atoms with Gasteiger partial charge in [0.15, 0.2) is 0 Å². The topological polar surface area (TPSA) is 70.2 Å². The fourth-order valence-electron chi connectivity index (χ4n) is 2.85. The minimum absolute atomic E-state index is 0.146. The van der Waals surface area contributed by atoms with E-state index >= 15 is 0 Å². The maximum absolute atomic E-state index is 12.2. The molecule has 0 aliphatic heterocycles. The molecule has 0 bridgehead atoms. The van der Waals surface area contributed by atoms with Crippen LogP contribution in [0.4, 0.5) is 10.5 Å². The van der Waals surface area contributed by atoms with E-state index in [4.69, 9.17) is 0 Å². The Morgan fingerprint density at radius 2 is 1.87 bits per heavy atom. The van der Waals surface area contributed by atoms with Crippen LogP contribution in [0.5, 0.6) is 0 Å². The Morgan fingerprint density at radius 1 is 1.13 bits per heavy atom. The summed E-state index contributed by atoms with van der Waals surface area (Å²) in [6, 6.07) is 7.13. The van der Waals surface area contributed by atoms with Crippen LogP contribution in [0, 0.1) is 0 Å². The Morgan fingerprint density at radius 3 is 2.61 bits per heavy atom. The third kappa shape index (κ3) is 5.58. The number of amides is 3. The summed E-state index contributed by atoms with van der Waals surface area (Å²) in [4.78, 5) is 24.4. The molecule has 3 N–H and O–H groups in total. The van der Waals surface area contributed by atoms with Crippen molar-refractivity contribution in [3.8, 4) is 0 Å². The molecule has 1 fully saturated rings. The van der Waals surface area contributed by atoms with Crippen LogP contribution in [0.1, 0.15) is 62.2 Å². The summed E-state index contributed by atoms with van der Waals surface area (Å²) in [5.74, 6) is -0.146. The van der Waals surface area contributed by atoms with Crippen molar-refractivity contribution in [1.29, 1.82) is 0 Å². The largest absolute Gasteiger partial charge is 0.352 e. The third-order valence-electron chi connectivity index (χ3n) is 4.18. The van der Waals surface area contributed by atoms with Crippen molar-refractivity contribution >= 4 is 17.6 Å². The number of hydrogen-bond donors (Lipinski definition) is 3. The molecule has 0 saturated heterocycles. The Hall–Kier alpha value is -2.04. The predicted molar refractivity (Wildman–Crippen MR) is 92.7 cm³/mol. The zero-order valence-electron chi connectivity index (χ0n) is 13.9. The lowest BCUT2D eigenvalue weighted by Crippen LogP contribution is -2.39. The third-order valence-corrected chi connectivity index (χ3v) is 4.18. The first kappa shape index (κ1) is 17.3. The van der Waals surface area contributed by atoms with Crippen LogP contribution < -0.4 is 16.0 Å². The molecular formula is C18H27N3O2. The van der Waals surface area contributed by atoms with Gasteiger partial charge in [0.25, 0.3) is 5.91 Å². The molecule has 3 amide bonds. The Bertz CT molecular complexity index is 525. The summed E-state index contributed by atoms with van der Waals surface area (Å²) in [6.45, 7) is 2.73. The van der Waals surface area contributed by atoms with Crippen molar-refractivity contribution in [3.05, 3.63) is 29.8 Å². The Labute approximate surface area is 138 Å². The lowest BCUT2D eigenvalue weighted by Gasteiger charge is -2.23. The van der Waals surface area contributed by atoms with Gasteiger partial charge in [0, 0.05) is 12.6 Å². The van der Waals surface area contributed by atoms with Crippen LogP contribution >= 0.6 is 0 Å². The number of urea groups is 1. The average Bonchev–Trinajstić information content (AvgIpc) is 2.56. The molecule has 1 aliphatic rings. The van der Waals surface area contributed by atoms with Crippen molar-refractivity contribution in [2.45, 2.75) is 57.9 Å². The first-order valence-electron chi connectivity index (χ1n) is 8.65. The number of carbonyl (C=O) groups excluding carboxylic acids is 2. The van der Waals surface area contributed by atoms with Gasteiger partial charge in [0.1, 0.15) is 0 Å². The van der Waals surface area contributed by atoms with Gasteiger partial charge in [-0.3, -0.25) is 4.79 Å². The summed E-state index contributed by atoms with van der Waals surface area (Å²) in [5.41, 5.74) is 1.05. The number of para-hydroxylation sites is 1. The van der Waals surface area contributed by atoms with Crippen LogP contribution in [-0.4, -0.2) is 24.5 Å². The van der Waals surface area contributed by atoms with Crippen LogP contribution in [0.25, 0.3) is 0 Å². The van der Waals surface area contributed by atoms with Gasteiger partial charge in [-0.1, -0.05) is 44.7 Å². The second-order valence-electron chi connectivity index (χ2n) is 6.09. The van der Waals surface area contributed by atoms with Gasteiger partial charge in [-0.05, 0) is 31.4 Å². The number of carbonyl (C=O) groups is 2. The summed E-state index contributed by atoms with van der Waals surface area (Å²) in [6.07, 6.45) is 7.63. The number of benzene rings is 1. The normalized spacial score (nSPS) is 15.0. The molecule has 0 heterocycles. The second-order valence-corrected chi connectivity index (χ2v) is 6.09. The molecule has 23 heavy (non-hydrogen) atoms. The van der Waals surface area contributed by atoms with Gasteiger partial charge in [-0.2, -0.15) is 0 Å². The number of hydrogen-bond acceptors (Lipinski definition) is 2. The summed E-state index contributed by atoms with van der Waals surface area (Å²) < 4.78 is 0. The fraction of sp³-hybridized carbons (Fsp3) is 0.556. The minimum atomic E-state index is -0.231. The van der Waals surface area contributed by atoms with Gasteiger partial charge in [-0.25, -0.2) is 4.79 Å². The molecule has 2 rings (SSSR count). The molecule has 1 aromatic carbocycles. The number of unbranched alkanes of at least 4 members (excludes halogenated alkanes) is 1. The van der Waals surface area contributed by atoms with Gasteiger partial charge < -0.3 is 16.0 Å². The lowest BCUT2D eigenvalue weighted by molar-refractivity contribution is 0.0954. The zero-order valence-corrected chi connectivity index (χ0v) is 13.9. The summed E-state index contributed by atoms with van der Waals surface area (Å²) >= 11 is 0. The van der Waals surface area contributed by atoms with Crippen molar-refractivity contribution in [1.82, 2.24) is 10.6 Å². The lowest BCUT2D eigenvalue weighted by atomic mass is 9.96. The van der Waals surface area contributed by atoms with E-state index in [0.29, 0.717) is 17.8 Å². The molecule has 0 spiro atoms. The van der Waals surface area contributed by atoms with Crippen LogP contribution in [0.2, 0.25) is 0 Å². The number of nitrogens with one attached hydrogen (secondary N) is 3. The molecule has 0 radical (unpaired) electrons. The van der Waals surface area contributed by atoms with Crippen LogP contribution in [0.15, 0.2) is 24.3 Å². The molecule has 0 aromatic heterocycles. The Balaban J connectivity index is 1.93. The summed E-state index contributed by atoms with van der Waals surface area (Å²) in [7, 11) is 0. The second kappa shape index (κ2) is 9.18. The van der Waals surface area contributed by atoms with Crippen LogP contribution in [-0.2, 0) is 0 Å². The van der Waals surface area contributed by atoms with Crippen molar-refractivity contribution in [2.75, 3.05) is 11.9 Å². The van der Waals surface area contributed by atoms with E-state index in [2.05, 4.69) is 22.9 Å². The van der Waals surface area contributed by atoms with Crippen molar-refractivity contribution in [2.24, 2.45) is 0 Å². The smallest absolute Gasteiger partial charge is 0.319 e. The maximum atomic E-state index is 12.2. The molecule has 1 aliphatic carbocycles.